The van der Waals surface area contributed by atoms with Crippen molar-refractivity contribution in [2.75, 3.05) is 0 Å². The minimum atomic E-state index is -0.394. The van der Waals surface area contributed by atoms with Crippen LogP contribution in [0.5, 0.6) is 0 Å². The van der Waals surface area contributed by atoms with E-state index in [0.29, 0.717) is 4.88 Å². The summed E-state index contributed by atoms with van der Waals surface area (Å²) in [6.45, 7) is 4.05. The van der Waals surface area contributed by atoms with Crippen LogP contribution in [0, 0.1) is 19.8 Å². The van der Waals surface area contributed by atoms with Gasteiger partial charge in [-0.3, -0.25) is 0 Å². The Labute approximate surface area is 121 Å². The first-order chi connectivity index (χ1) is 9.63. The van der Waals surface area contributed by atoms with Gasteiger partial charge >= 0.3 is 0 Å². The van der Waals surface area contributed by atoms with Gasteiger partial charge in [0.15, 0.2) is 0 Å². The number of aromatic nitrogens is 1. The summed E-state index contributed by atoms with van der Waals surface area (Å²) in [5.41, 5.74) is 4.18. The molecule has 0 aliphatic heterocycles. The molecule has 0 spiro atoms. The van der Waals surface area contributed by atoms with Crippen molar-refractivity contribution in [3.05, 3.63) is 65.6 Å². The maximum atomic E-state index is 14.1. The van der Waals surface area contributed by atoms with Crippen LogP contribution in [0.1, 0.15) is 11.1 Å². The largest absolute Gasteiger partial charge is 0.232 e. The Morgan fingerprint density at radius 2 is 1.30 bits per heavy atom. The van der Waals surface area contributed by atoms with Crippen molar-refractivity contribution in [3.8, 4) is 21.0 Å². The molecule has 1 nitrogen and oxygen atoms in total. The average molecular weight is 283 g/mol. The van der Waals surface area contributed by atoms with Crippen molar-refractivity contribution >= 4 is 11.3 Å². The molecule has 3 rings (SSSR count). The summed E-state index contributed by atoms with van der Waals surface area (Å²) in [6, 6.07) is 15.8. The third-order valence-corrected chi connectivity index (χ3v) is 4.33. The van der Waals surface area contributed by atoms with Gasteiger partial charge in [0.2, 0.25) is 5.95 Å². The second kappa shape index (κ2) is 5.17. The normalized spacial score (nSPS) is 10.8. The van der Waals surface area contributed by atoms with E-state index in [0.717, 1.165) is 21.7 Å². The second-order valence-corrected chi connectivity index (χ2v) is 5.87. The Hall–Kier alpha value is -2.00. The highest BCUT2D eigenvalue weighted by Crippen LogP contribution is 2.34. The van der Waals surface area contributed by atoms with E-state index in [2.05, 4.69) is 4.98 Å². The molecule has 0 amide bonds. The number of nitrogens with zero attached hydrogens (tertiary/aromatic N) is 1. The van der Waals surface area contributed by atoms with Crippen LogP contribution in [0.25, 0.3) is 21.0 Å². The van der Waals surface area contributed by atoms with Crippen LogP contribution in [-0.2, 0) is 0 Å². The second-order valence-electron chi connectivity index (χ2n) is 4.87. The maximum Gasteiger partial charge on any atom is 0.232 e. The zero-order chi connectivity index (χ0) is 14.1. The molecule has 1 heterocycles. The molecule has 3 heteroatoms. The van der Waals surface area contributed by atoms with Crippen LogP contribution < -0.4 is 0 Å². The smallest absolute Gasteiger partial charge is 0.207 e. The van der Waals surface area contributed by atoms with Gasteiger partial charge in [-0.15, -0.1) is 11.3 Å². The fourth-order valence-electron chi connectivity index (χ4n) is 2.00. The van der Waals surface area contributed by atoms with Crippen molar-refractivity contribution < 1.29 is 4.39 Å². The van der Waals surface area contributed by atoms with E-state index < -0.39 is 5.95 Å². The SMILES string of the molecule is Cc1ccc(-c2nc(F)c(-c3ccc(C)cc3)s2)cc1. The number of hydrogen-bond acceptors (Lipinski definition) is 2. The molecule has 0 aliphatic carbocycles. The van der Waals surface area contributed by atoms with E-state index in [1.807, 2.05) is 62.4 Å². The van der Waals surface area contributed by atoms with Crippen molar-refractivity contribution in [2.45, 2.75) is 13.8 Å². The first kappa shape index (κ1) is 13.0. The lowest BCUT2D eigenvalue weighted by molar-refractivity contribution is 0.596. The van der Waals surface area contributed by atoms with Gasteiger partial charge in [-0.25, -0.2) is 4.98 Å². The molecule has 0 fully saturated rings. The predicted molar refractivity (Wildman–Crippen MR) is 82.4 cm³/mol. The van der Waals surface area contributed by atoms with Gasteiger partial charge in [0.1, 0.15) is 5.01 Å². The monoisotopic (exact) mass is 283 g/mol. The van der Waals surface area contributed by atoms with Crippen molar-refractivity contribution in [1.29, 1.82) is 0 Å². The van der Waals surface area contributed by atoms with Gasteiger partial charge in [0.05, 0.1) is 4.88 Å². The summed E-state index contributed by atoms with van der Waals surface area (Å²) in [7, 11) is 0. The zero-order valence-electron chi connectivity index (χ0n) is 11.4. The summed E-state index contributed by atoms with van der Waals surface area (Å²) in [5.74, 6) is -0.394. The Morgan fingerprint density at radius 3 is 1.85 bits per heavy atom. The fourth-order valence-corrected chi connectivity index (χ4v) is 2.96. The van der Waals surface area contributed by atoms with Gasteiger partial charge in [-0.05, 0) is 19.4 Å². The summed E-state index contributed by atoms with van der Waals surface area (Å²) in [5, 5.41) is 0.720. The number of hydrogen-bond donors (Lipinski definition) is 0. The number of thiazole rings is 1. The molecule has 20 heavy (non-hydrogen) atoms. The topological polar surface area (TPSA) is 12.9 Å². The molecule has 0 N–H and O–H groups in total. The Bertz CT molecular complexity index is 727. The Kier molecular flexibility index (Phi) is 3.36. The molecule has 0 bridgehead atoms. The van der Waals surface area contributed by atoms with E-state index in [4.69, 9.17) is 0 Å². The highest BCUT2D eigenvalue weighted by atomic mass is 32.1. The van der Waals surface area contributed by atoms with E-state index in [1.54, 1.807) is 0 Å². The maximum absolute atomic E-state index is 14.1. The molecule has 0 saturated heterocycles. The lowest BCUT2D eigenvalue weighted by atomic mass is 10.1. The quantitative estimate of drug-likeness (QED) is 0.627. The number of aryl methyl sites for hydroxylation is 2. The lowest BCUT2D eigenvalue weighted by Gasteiger charge is -1.98. The summed E-state index contributed by atoms with van der Waals surface area (Å²) in [4.78, 5) is 4.66. The van der Waals surface area contributed by atoms with E-state index in [9.17, 15) is 4.39 Å². The van der Waals surface area contributed by atoms with Gasteiger partial charge < -0.3 is 0 Å². The van der Waals surface area contributed by atoms with Crippen LogP contribution in [-0.4, -0.2) is 4.98 Å². The van der Waals surface area contributed by atoms with E-state index >= 15 is 0 Å². The molecule has 0 unspecified atom stereocenters. The number of halogens is 1. The lowest BCUT2D eigenvalue weighted by Crippen LogP contribution is -1.80. The van der Waals surface area contributed by atoms with Gasteiger partial charge in [0, 0.05) is 5.56 Å². The van der Waals surface area contributed by atoms with Crippen LogP contribution in [0.15, 0.2) is 48.5 Å². The minimum absolute atomic E-state index is 0.394. The first-order valence-corrected chi connectivity index (χ1v) is 7.25. The minimum Gasteiger partial charge on any atom is -0.207 e. The molecule has 0 radical (unpaired) electrons. The third kappa shape index (κ3) is 2.49. The fraction of sp³-hybridized carbons (Fsp3) is 0.118. The molecule has 0 saturated carbocycles. The van der Waals surface area contributed by atoms with Gasteiger partial charge in [-0.2, -0.15) is 4.39 Å². The highest BCUT2D eigenvalue weighted by Gasteiger charge is 2.13. The van der Waals surface area contributed by atoms with Crippen molar-refractivity contribution in [2.24, 2.45) is 0 Å². The van der Waals surface area contributed by atoms with Crippen LogP contribution in [0.4, 0.5) is 4.39 Å². The zero-order valence-corrected chi connectivity index (χ0v) is 12.2. The molecule has 2 aromatic carbocycles. The molecule has 3 aromatic rings. The van der Waals surface area contributed by atoms with Gasteiger partial charge in [-0.1, -0.05) is 59.7 Å². The summed E-state index contributed by atoms with van der Waals surface area (Å²) in [6.07, 6.45) is 0. The third-order valence-electron chi connectivity index (χ3n) is 3.20. The van der Waals surface area contributed by atoms with E-state index in [1.165, 1.54) is 16.9 Å². The van der Waals surface area contributed by atoms with Gasteiger partial charge in [0.25, 0.3) is 0 Å². The number of rotatable bonds is 2. The standard InChI is InChI=1S/C17H14FNS/c1-11-3-7-13(8-4-11)15-16(18)19-17(20-15)14-9-5-12(2)6-10-14/h3-10H,1-2H3. The van der Waals surface area contributed by atoms with Crippen LogP contribution in [0.3, 0.4) is 0 Å². The molecule has 0 atom stereocenters. The Balaban J connectivity index is 2.02. The van der Waals surface area contributed by atoms with E-state index in [-0.39, 0.29) is 0 Å². The summed E-state index contributed by atoms with van der Waals surface area (Å²) >= 11 is 1.39. The molecule has 1 aromatic heterocycles. The molecular weight excluding hydrogens is 269 g/mol. The van der Waals surface area contributed by atoms with Crippen molar-refractivity contribution in [3.63, 3.8) is 0 Å². The molecular formula is C17H14FNS. The van der Waals surface area contributed by atoms with Crippen LogP contribution >= 0.6 is 11.3 Å². The predicted octanol–water partition coefficient (Wildman–Crippen LogP) is 5.23. The highest BCUT2D eigenvalue weighted by molar-refractivity contribution is 7.18. The molecule has 100 valence electrons. The number of benzene rings is 2. The first-order valence-electron chi connectivity index (χ1n) is 6.44. The molecule has 0 aliphatic rings. The van der Waals surface area contributed by atoms with Crippen molar-refractivity contribution in [1.82, 2.24) is 4.98 Å². The van der Waals surface area contributed by atoms with Crippen LogP contribution in [0.2, 0.25) is 0 Å². The summed E-state index contributed by atoms with van der Waals surface area (Å²) < 4.78 is 14.1. The average Bonchev–Trinajstić information content (AvgIpc) is 2.82. The Morgan fingerprint density at radius 1 is 0.800 bits per heavy atom.